The van der Waals surface area contributed by atoms with E-state index in [1.54, 1.807) is 0 Å². The maximum absolute atomic E-state index is 2.45. The first-order chi connectivity index (χ1) is 10.3. The van der Waals surface area contributed by atoms with Crippen LogP contribution in [0.5, 0.6) is 0 Å². The van der Waals surface area contributed by atoms with Crippen LogP contribution in [0.4, 0.5) is 0 Å². The van der Waals surface area contributed by atoms with Gasteiger partial charge in [-0.2, -0.15) is 0 Å². The number of rotatable bonds is 5. The van der Waals surface area contributed by atoms with Crippen LogP contribution in [0.1, 0.15) is 47.3 Å². The molecule has 4 nitrogen and oxygen atoms in total. The Hall–Kier alpha value is -1.58. The van der Waals surface area contributed by atoms with E-state index in [-0.39, 0.29) is 0 Å². The number of nitrogens with zero attached hydrogens (tertiary/aromatic N) is 4. The molecule has 0 spiro atoms. The van der Waals surface area contributed by atoms with Crippen LogP contribution >= 0.6 is 0 Å². The summed E-state index contributed by atoms with van der Waals surface area (Å²) in [5.41, 5.74) is 5.54. The van der Waals surface area contributed by atoms with Gasteiger partial charge in [0.2, 0.25) is 0 Å². The molecule has 2 aromatic heterocycles. The molecule has 0 unspecified atom stereocenters. The van der Waals surface area contributed by atoms with Gasteiger partial charge in [0.15, 0.2) is 0 Å². The highest BCUT2D eigenvalue weighted by Gasteiger charge is 2.20. The average Bonchev–Trinajstić information content (AvgIpc) is 2.79. The van der Waals surface area contributed by atoms with Crippen LogP contribution in [0, 0.1) is 41.5 Å². The van der Waals surface area contributed by atoms with Crippen molar-refractivity contribution in [2.24, 2.45) is 14.1 Å². The quantitative estimate of drug-likeness (QED) is 0.596. The topological polar surface area (TPSA) is 17.6 Å². The minimum absolute atomic E-state index is 1.11. The third kappa shape index (κ3) is 2.71. The smallest absolute Gasteiger partial charge is 0.234 e. The Labute approximate surface area is 135 Å². The van der Waals surface area contributed by atoms with Gasteiger partial charge in [0.25, 0.3) is 11.6 Å². The minimum Gasteiger partial charge on any atom is -0.234 e. The molecule has 0 bridgehead atoms. The Bertz CT molecular complexity index is 578. The van der Waals surface area contributed by atoms with Gasteiger partial charge in [0.1, 0.15) is 22.8 Å². The van der Waals surface area contributed by atoms with E-state index in [1.807, 2.05) is 0 Å². The van der Waals surface area contributed by atoms with E-state index in [0.717, 1.165) is 13.1 Å². The molecule has 22 heavy (non-hydrogen) atoms. The summed E-state index contributed by atoms with van der Waals surface area (Å²) in [7, 11) is 4.31. The fourth-order valence-electron chi connectivity index (χ4n) is 3.41. The van der Waals surface area contributed by atoms with Crippen LogP contribution in [0.2, 0.25) is 0 Å². The van der Waals surface area contributed by atoms with Gasteiger partial charge in [-0.05, 0) is 12.8 Å². The molecule has 0 aromatic carbocycles. The molecular weight excluding hydrogens is 272 g/mol. The van der Waals surface area contributed by atoms with Crippen molar-refractivity contribution in [3.63, 3.8) is 0 Å². The third-order valence-corrected chi connectivity index (χ3v) is 5.63. The number of aromatic nitrogens is 4. The SMILES string of the molecule is Cc1c(C)[n+](C)c(C)n1CCCCn1c(C)c(C)[n+](C)c1C. The van der Waals surface area contributed by atoms with Crippen molar-refractivity contribution in [3.05, 3.63) is 34.4 Å². The van der Waals surface area contributed by atoms with Crippen molar-refractivity contribution in [1.29, 1.82) is 0 Å². The zero-order chi connectivity index (χ0) is 16.6. The molecule has 0 saturated heterocycles. The average molecular weight is 304 g/mol. The molecule has 2 aromatic rings. The second-order valence-corrected chi connectivity index (χ2v) is 6.56. The predicted octanol–water partition coefficient (Wildman–Crippen LogP) is 2.27. The van der Waals surface area contributed by atoms with Crippen LogP contribution < -0.4 is 9.13 Å². The summed E-state index contributed by atoms with van der Waals surface area (Å²) in [6, 6.07) is 0. The van der Waals surface area contributed by atoms with Crippen molar-refractivity contribution in [2.75, 3.05) is 0 Å². The highest BCUT2D eigenvalue weighted by molar-refractivity contribution is 5.07. The van der Waals surface area contributed by atoms with E-state index in [0.29, 0.717) is 0 Å². The van der Waals surface area contributed by atoms with Gasteiger partial charge in [0, 0.05) is 41.5 Å². The molecule has 2 rings (SSSR count). The monoisotopic (exact) mass is 304 g/mol. The Morgan fingerprint density at radius 3 is 1.18 bits per heavy atom. The van der Waals surface area contributed by atoms with Crippen LogP contribution in [-0.2, 0) is 27.2 Å². The molecule has 0 radical (unpaired) electrons. The molecule has 0 aliphatic rings. The highest BCUT2D eigenvalue weighted by Crippen LogP contribution is 2.12. The Balaban J connectivity index is 1.99. The van der Waals surface area contributed by atoms with Crippen LogP contribution in [0.3, 0.4) is 0 Å². The van der Waals surface area contributed by atoms with Crippen molar-refractivity contribution < 1.29 is 9.13 Å². The molecule has 4 heteroatoms. The van der Waals surface area contributed by atoms with Gasteiger partial charge in [0.05, 0.1) is 27.2 Å². The van der Waals surface area contributed by atoms with Gasteiger partial charge in [-0.1, -0.05) is 0 Å². The van der Waals surface area contributed by atoms with Crippen LogP contribution in [0.25, 0.3) is 0 Å². The van der Waals surface area contributed by atoms with E-state index in [4.69, 9.17) is 0 Å². The first-order valence-electron chi connectivity index (χ1n) is 8.32. The van der Waals surface area contributed by atoms with E-state index in [2.05, 4.69) is 73.9 Å². The Kier molecular flexibility index (Phi) is 4.78. The molecular formula is C18H32N4+2. The summed E-state index contributed by atoms with van der Waals surface area (Å²) in [5, 5.41) is 0. The fraction of sp³-hybridized carbons (Fsp3) is 0.667. The van der Waals surface area contributed by atoms with Crippen LogP contribution in [0.15, 0.2) is 0 Å². The zero-order valence-electron chi connectivity index (χ0n) is 15.6. The summed E-state index contributed by atoms with van der Waals surface area (Å²) < 4.78 is 9.49. The van der Waals surface area contributed by atoms with Gasteiger partial charge in [-0.3, -0.25) is 0 Å². The second kappa shape index (κ2) is 6.27. The Morgan fingerprint density at radius 1 is 0.636 bits per heavy atom. The lowest BCUT2D eigenvalue weighted by atomic mass is 10.2. The maximum Gasteiger partial charge on any atom is 0.253 e. The first-order valence-corrected chi connectivity index (χ1v) is 8.32. The van der Waals surface area contributed by atoms with Gasteiger partial charge < -0.3 is 0 Å². The molecule has 2 heterocycles. The molecule has 0 fully saturated rings. The minimum atomic E-state index is 1.11. The van der Waals surface area contributed by atoms with Gasteiger partial charge >= 0.3 is 0 Å². The summed E-state index contributed by atoms with van der Waals surface area (Å²) in [5.74, 6) is 2.70. The predicted molar refractivity (Wildman–Crippen MR) is 88.9 cm³/mol. The molecule has 0 saturated carbocycles. The van der Waals surface area contributed by atoms with E-state index in [1.165, 1.54) is 47.3 Å². The third-order valence-electron chi connectivity index (χ3n) is 5.63. The van der Waals surface area contributed by atoms with Gasteiger partial charge in [-0.25, -0.2) is 18.3 Å². The second-order valence-electron chi connectivity index (χ2n) is 6.56. The van der Waals surface area contributed by atoms with E-state index in [9.17, 15) is 0 Å². The van der Waals surface area contributed by atoms with Gasteiger partial charge in [-0.15, -0.1) is 0 Å². The summed E-state index contributed by atoms with van der Waals surface area (Å²) in [6.45, 7) is 15.5. The zero-order valence-corrected chi connectivity index (χ0v) is 15.6. The van der Waals surface area contributed by atoms with Crippen molar-refractivity contribution >= 4 is 0 Å². The number of hydrogen-bond acceptors (Lipinski definition) is 0. The number of hydrogen-bond donors (Lipinski definition) is 0. The maximum atomic E-state index is 2.45. The van der Waals surface area contributed by atoms with E-state index >= 15 is 0 Å². The summed E-state index contributed by atoms with van der Waals surface area (Å²) in [6.07, 6.45) is 2.44. The lowest BCUT2D eigenvalue weighted by Gasteiger charge is -2.03. The van der Waals surface area contributed by atoms with Crippen molar-refractivity contribution in [3.8, 4) is 0 Å². The van der Waals surface area contributed by atoms with Crippen molar-refractivity contribution in [2.45, 2.75) is 67.5 Å². The largest absolute Gasteiger partial charge is 0.253 e. The Morgan fingerprint density at radius 2 is 0.955 bits per heavy atom. The molecule has 0 aliphatic heterocycles. The standard InChI is InChI=1S/C18H32N4/c1-13-15(3)21(17(5)19(13)7)11-9-10-12-22-16(4)14(2)20(8)18(22)6/h9-12H2,1-8H3/q+2. The fourth-order valence-corrected chi connectivity index (χ4v) is 3.41. The number of unbranched alkanes of at least 4 members (excludes halogenated alkanes) is 1. The summed E-state index contributed by atoms with van der Waals surface area (Å²) in [4.78, 5) is 0. The van der Waals surface area contributed by atoms with E-state index < -0.39 is 0 Å². The highest BCUT2D eigenvalue weighted by atomic mass is 15.2. The molecule has 0 N–H and O–H groups in total. The van der Waals surface area contributed by atoms with Crippen molar-refractivity contribution in [1.82, 2.24) is 9.13 Å². The molecule has 0 atom stereocenters. The molecule has 122 valence electrons. The molecule has 0 amide bonds. The lowest BCUT2D eigenvalue weighted by molar-refractivity contribution is -0.683. The van der Waals surface area contributed by atoms with Crippen LogP contribution in [-0.4, -0.2) is 9.13 Å². The normalized spacial score (nSPS) is 11.5. The number of imidazole rings is 2. The lowest BCUT2D eigenvalue weighted by Crippen LogP contribution is -2.33. The summed E-state index contributed by atoms with van der Waals surface area (Å²) >= 11 is 0. The first kappa shape index (κ1) is 16.8. The molecule has 0 aliphatic carbocycles.